The first-order valence-electron chi connectivity index (χ1n) is 5.94. The van der Waals surface area contributed by atoms with Crippen molar-refractivity contribution in [2.45, 2.75) is 25.3 Å². The van der Waals surface area contributed by atoms with Crippen LogP contribution in [0.1, 0.15) is 19.3 Å². The Bertz CT molecular complexity index is 406. The lowest BCUT2D eigenvalue weighted by atomic mass is 10.1. The van der Waals surface area contributed by atoms with E-state index in [1.165, 1.54) is 11.1 Å². The molecule has 0 aromatic heterocycles. The van der Waals surface area contributed by atoms with Gasteiger partial charge in [-0.1, -0.05) is 0 Å². The maximum Gasteiger partial charge on any atom is 0.247 e. The fourth-order valence-corrected chi connectivity index (χ4v) is 2.10. The average molecular weight is 269 g/mol. The topological polar surface area (TPSA) is 82.0 Å². The molecule has 0 radical (unpaired) electrons. The summed E-state index contributed by atoms with van der Waals surface area (Å²) < 4.78 is 0. The van der Waals surface area contributed by atoms with Crippen molar-refractivity contribution in [1.82, 2.24) is 10.2 Å². The second-order valence-corrected chi connectivity index (χ2v) is 4.73. The summed E-state index contributed by atoms with van der Waals surface area (Å²) in [5, 5.41) is 11.4. The van der Waals surface area contributed by atoms with Crippen LogP contribution in [0.15, 0.2) is 4.99 Å². The number of amides is 2. The van der Waals surface area contributed by atoms with Crippen molar-refractivity contribution in [2.75, 3.05) is 13.2 Å². The fraction of sp³-hybridized carbons (Fsp3) is 0.636. The predicted octanol–water partition coefficient (Wildman–Crippen LogP) is -0.539. The molecule has 0 aromatic rings. The molecule has 1 saturated heterocycles. The van der Waals surface area contributed by atoms with Crippen LogP contribution in [0.2, 0.25) is 0 Å². The standard InChI is InChI=1S/C11H15N3O3S/c15-5-1-4-12-6-8-9(16)13-11(18)14(10(8)17)7-2-3-7/h6-8,15H,1-5H2,(H,13,16,18)/t8-/m1/s1. The quantitative estimate of drug-likeness (QED) is 0.304. The number of carbonyl (C=O) groups is 2. The normalized spacial score (nSPS) is 24.8. The number of thiocarbonyl (C=S) groups is 1. The summed E-state index contributed by atoms with van der Waals surface area (Å²) >= 11 is 5.00. The number of aliphatic hydroxyl groups is 1. The van der Waals surface area contributed by atoms with Gasteiger partial charge in [-0.2, -0.15) is 0 Å². The van der Waals surface area contributed by atoms with Crippen LogP contribution in [0, 0.1) is 5.92 Å². The second kappa shape index (κ2) is 5.53. The van der Waals surface area contributed by atoms with E-state index in [1.54, 1.807) is 0 Å². The third-order valence-corrected chi connectivity index (χ3v) is 3.15. The van der Waals surface area contributed by atoms with Crippen LogP contribution in [-0.2, 0) is 9.59 Å². The minimum atomic E-state index is -0.893. The van der Waals surface area contributed by atoms with E-state index in [2.05, 4.69) is 10.3 Å². The van der Waals surface area contributed by atoms with Gasteiger partial charge in [-0.15, -0.1) is 0 Å². The summed E-state index contributed by atoms with van der Waals surface area (Å²) in [5.41, 5.74) is 0. The van der Waals surface area contributed by atoms with Crippen molar-refractivity contribution in [3.05, 3.63) is 0 Å². The molecule has 1 aliphatic carbocycles. The van der Waals surface area contributed by atoms with Gasteiger partial charge in [0.25, 0.3) is 0 Å². The van der Waals surface area contributed by atoms with E-state index < -0.39 is 11.8 Å². The molecule has 2 aliphatic rings. The Morgan fingerprint density at radius 2 is 2.22 bits per heavy atom. The van der Waals surface area contributed by atoms with Crippen molar-refractivity contribution in [1.29, 1.82) is 0 Å². The van der Waals surface area contributed by atoms with E-state index in [4.69, 9.17) is 17.3 Å². The van der Waals surface area contributed by atoms with Gasteiger partial charge in [0.1, 0.15) is 0 Å². The van der Waals surface area contributed by atoms with Crippen molar-refractivity contribution in [2.24, 2.45) is 10.9 Å². The third-order valence-electron chi connectivity index (χ3n) is 2.85. The van der Waals surface area contributed by atoms with Gasteiger partial charge in [-0.05, 0) is 31.5 Å². The molecule has 0 unspecified atom stereocenters. The maximum absolute atomic E-state index is 12.1. The van der Waals surface area contributed by atoms with Gasteiger partial charge in [0, 0.05) is 25.4 Å². The van der Waals surface area contributed by atoms with Crippen LogP contribution in [0.4, 0.5) is 0 Å². The molecule has 1 atom stereocenters. The monoisotopic (exact) mass is 269 g/mol. The highest BCUT2D eigenvalue weighted by Crippen LogP contribution is 2.29. The highest BCUT2D eigenvalue weighted by Gasteiger charge is 2.44. The highest BCUT2D eigenvalue weighted by atomic mass is 32.1. The van der Waals surface area contributed by atoms with E-state index in [9.17, 15) is 9.59 Å². The van der Waals surface area contributed by atoms with Gasteiger partial charge < -0.3 is 10.4 Å². The van der Waals surface area contributed by atoms with Crippen molar-refractivity contribution in [3.8, 4) is 0 Å². The lowest BCUT2D eigenvalue weighted by Crippen LogP contribution is -2.58. The molecule has 2 N–H and O–H groups in total. The molecule has 98 valence electrons. The number of nitrogens with one attached hydrogen (secondary N) is 1. The molecular weight excluding hydrogens is 254 g/mol. The van der Waals surface area contributed by atoms with Gasteiger partial charge in [-0.3, -0.25) is 19.5 Å². The molecule has 6 nitrogen and oxygen atoms in total. The summed E-state index contributed by atoms with van der Waals surface area (Å²) in [7, 11) is 0. The first-order chi connectivity index (χ1) is 8.65. The maximum atomic E-state index is 12.1. The summed E-state index contributed by atoms with van der Waals surface area (Å²) in [6.07, 6.45) is 3.72. The zero-order valence-corrected chi connectivity index (χ0v) is 10.7. The minimum absolute atomic E-state index is 0.0421. The van der Waals surface area contributed by atoms with Crippen molar-refractivity contribution in [3.63, 3.8) is 0 Å². The zero-order valence-electron chi connectivity index (χ0n) is 9.83. The van der Waals surface area contributed by atoms with Crippen LogP contribution in [-0.4, -0.2) is 52.3 Å². The molecule has 1 heterocycles. The Kier molecular flexibility index (Phi) is 4.03. The van der Waals surface area contributed by atoms with Gasteiger partial charge >= 0.3 is 0 Å². The third kappa shape index (κ3) is 2.73. The van der Waals surface area contributed by atoms with Crippen molar-refractivity contribution >= 4 is 35.4 Å². The van der Waals surface area contributed by atoms with Crippen LogP contribution < -0.4 is 5.32 Å². The first-order valence-corrected chi connectivity index (χ1v) is 6.34. The van der Waals surface area contributed by atoms with Gasteiger partial charge in [0.2, 0.25) is 11.8 Å². The molecule has 7 heteroatoms. The number of rotatable bonds is 5. The molecule has 1 saturated carbocycles. The lowest BCUT2D eigenvalue weighted by Gasteiger charge is -2.30. The summed E-state index contributed by atoms with van der Waals surface area (Å²) in [4.78, 5) is 29.3. The summed E-state index contributed by atoms with van der Waals surface area (Å²) in [5.74, 6) is -1.61. The van der Waals surface area contributed by atoms with Crippen LogP contribution in [0.5, 0.6) is 0 Å². The highest BCUT2D eigenvalue weighted by molar-refractivity contribution is 7.80. The Hall–Kier alpha value is -1.34. The van der Waals surface area contributed by atoms with Crippen LogP contribution in [0.3, 0.4) is 0 Å². The molecule has 18 heavy (non-hydrogen) atoms. The Morgan fingerprint density at radius 3 is 2.83 bits per heavy atom. The Balaban J connectivity index is 2.03. The Morgan fingerprint density at radius 1 is 1.50 bits per heavy atom. The second-order valence-electron chi connectivity index (χ2n) is 4.34. The molecule has 2 rings (SSSR count). The zero-order chi connectivity index (χ0) is 13.1. The van der Waals surface area contributed by atoms with Crippen LogP contribution >= 0.6 is 12.2 Å². The number of hydrogen-bond acceptors (Lipinski definition) is 5. The molecule has 2 amide bonds. The minimum Gasteiger partial charge on any atom is -0.396 e. The number of carbonyl (C=O) groups excluding carboxylic acids is 2. The van der Waals surface area contributed by atoms with Crippen LogP contribution in [0.25, 0.3) is 0 Å². The van der Waals surface area contributed by atoms with Gasteiger partial charge in [0.15, 0.2) is 11.0 Å². The summed E-state index contributed by atoms with van der Waals surface area (Å²) in [6, 6.07) is 0.138. The predicted molar refractivity (Wildman–Crippen MR) is 69.2 cm³/mol. The number of aliphatic hydroxyl groups excluding tert-OH is 1. The van der Waals surface area contributed by atoms with E-state index in [0.717, 1.165) is 12.8 Å². The molecule has 0 spiro atoms. The fourth-order valence-electron chi connectivity index (χ4n) is 1.76. The van der Waals surface area contributed by atoms with Gasteiger partial charge in [-0.25, -0.2) is 0 Å². The van der Waals surface area contributed by atoms with E-state index in [-0.39, 0.29) is 23.7 Å². The largest absolute Gasteiger partial charge is 0.396 e. The average Bonchev–Trinajstić information content (AvgIpc) is 3.12. The first kappa shape index (κ1) is 13.1. The van der Waals surface area contributed by atoms with E-state index in [0.29, 0.717) is 13.0 Å². The SMILES string of the molecule is O=C1NC(=S)N(C2CC2)C(=O)[C@@H]1C=NCCCO. The lowest BCUT2D eigenvalue weighted by molar-refractivity contribution is -0.138. The number of aliphatic imine (C=N–C) groups is 1. The molecular formula is C11H15N3O3S. The van der Waals surface area contributed by atoms with Crippen molar-refractivity contribution < 1.29 is 14.7 Å². The van der Waals surface area contributed by atoms with Gasteiger partial charge in [0.05, 0.1) is 0 Å². The molecule has 2 fully saturated rings. The van der Waals surface area contributed by atoms with E-state index >= 15 is 0 Å². The molecule has 0 bridgehead atoms. The summed E-state index contributed by atoms with van der Waals surface area (Å²) in [6.45, 7) is 0.446. The van der Waals surface area contributed by atoms with E-state index in [1.807, 2.05) is 0 Å². The number of hydrogen-bond donors (Lipinski definition) is 2. The smallest absolute Gasteiger partial charge is 0.247 e. The number of nitrogens with zero attached hydrogens (tertiary/aromatic N) is 2. The molecule has 1 aliphatic heterocycles. The molecule has 0 aromatic carbocycles. The Labute approximate surface area is 110 Å².